The van der Waals surface area contributed by atoms with Crippen LogP contribution in [-0.2, 0) is 4.74 Å². The van der Waals surface area contributed by atoms with Gasteiger partial charge in [-0.25, -0.2) is 4.79 Å². The summed E-state index contributed by atoms with van der Waals surface area (Å²) in [5.74, 6) is 0.314. The number of alkyl carbamates (subject to hydrolysis) is 1. The molecule has 0 bridgehead atoms. The van der Waals surface area contributed by atoms with Crippen LogP contribution in [0.4, 0.5) is 4.79 Å². The number of amides is 1. The van der Waals surface area contributed by atoms with Crippen molar-refractivity contribution in [2.45, 2.75) is 32.2 Å². The maximum Gasteiger partial charge on any atom is 0.407 e. The van der Waals surface area contributed by atoms with Crippen molar-refractivity contribution in [2.75, 3.05) is 26.7 Å². The van der Waals surface area contributed by atoms with Crippen LogP contribution in [0.3, 0.4) is 0 Å². The standard InChI is InChI=1S/C12H23N3O2S/c1-9(2)8-17-11(16)14-12(10(13)18)4-6-15(3)7-5-12/h9H,4-8H2,1-3H3,(H2,13,18)(H,14,16). The largest absolute Gasteiger partial charge is 0.449 e. The Hall–Kier alpha value is -0.880. The molecule has 0 saturated carbocycles. The molecule has 1 saturated heterocycles. The Morgan fingerprint density at radius 2 is 2.06 bits per heavy atom. The van der Waals surface area contributed by atoms with Crippen molar-refractivity contribution in [3.05, 3.63) is 0 Å². The summed E-state index contributed by atoms with van der Waals surface area (Å²) in [6.07, 6.45) is 1.03. The molecule has 1 heterocycles. The Labute approximate surface area is 114 Å². The lowest BCUT2D eigenvalue weighted by molar-refractivity contribution is 0.116. The second-order valence-corrected chi connectivity index (χ2v) is 5.81. The molecule has 1 aliphatic heterocycles. The number of piperidine rings is 1. The molecular weight excluding hydrogens is 250 g/mol. The molecule has 1 amide bonds. The number of likely N-dealkylation sites (tertiary alicyclic amines) is 1. The van der Waals surface area contributed by atoms with Gasteiger partial charge in [0.05, 0.1) is 17.1 Å². The number of nitrogens with zero attached hydrogens (tertiary/aromatic N) is 1. The molecule has 0 aliphatic carbocycles. The number of rotatable bonds is 4. The van der Waals surface area contributed by atoms with Crippen molar-refractivity contribution in [1.82, 2.24) is 10.2 Å². The third-order valence-corrected chi connectivity index (χ3v) is 3.59. The average molecular weight is 273 g/mol. The number of nitrogens with two attached hydrogens (primary N) is 1. The number of ether oxygens (including phenoxy) is 1. The van der Waals surface area contributed by atoms with Crippen molar-refractivity contribution >= 4 is 23.3 Å². The molecule has 0 aromatic heterocycles. The van der Waals surface area contributed by atoms with Crippen molar-refractivity contribution in [2.24, 2.45) is 11.7 Å². The van der Waals surface area contributed by atoms with E-state index < -0.39 is 11.6 Å². The van der Waals surface area contributed by atoms with Gasteiger partial charge in [0, 0.05) is 13.1 Å². The lowest BCUT2D eigenvalue weighted by atomic mass is 9.87. The minimum absolute atomic E-state index is 0.314. The van der Waals surface area contributed by atoms with Gasteiger partial charge < -0.3 is 20.7 Å². The lowest BCUT2D eigenvalue weighted by Crippen LogP contribution is -2.61. The molecule has 1 fully saturated rings. The summed E-state index contributed by atoms with van der Waals surface area (Å²) in [7, 11) is 2.04. The highest BCUT2D eigenvalue weighted by Crippen LogP contribution is 2.22. The molecule has 6 heteroatoms. The summed E-state index contributed by atoms with van der Waals surface area (Å²) in [5.41, 5.74) is 5.21. The fourth-order valence-corrected chi connectivity index (χ4v) is 2.16. The second kappa shape index (κ2) is 6.33. The van der Waals surface area contributed by atoms with E-state index in [9.17, 15) is 4.79 Å². The summed E-state index contributed by atoms with van der Waals surface area (Å²) in [6.45, 7) is 6.11. The summed E-state index contributed by atoms with van der Waals surface area (Å²) < 4.78 is 5.13. The summed E-state index contributed by atoms with van der Waals surface area (Å²) in [4.78, 5) is 14.3. The predicted octanol–water partition coefficient (Wildman–Crippen LogP) is 1.12. The quantitative estimate of drug-likeness (QED) is 0.751. The monoisotopic (exact) mass is 273 g/mol. The summed E-state index contributed by atoms with van der Waals surface area (Å²) in [6, 6.07) is 0. The average Bonchev–Trinajstić information content (AvgIpc) is 2.29. The Morgan fingerprint density at radius 1 is 1.50 bits per heavy atom. The summed E-state index contributed by atoms with van der Waals surface area (Å²) in [5, 5.41) is 2.85. The van der Waals surface area contributed by atoms with Gasteiger partial charge in [0.1, 0.15) is 0 Å². The van der Waals surface area contributed by atoms with Crippen molar-refractivity contribution in [1.29, 1.82) is 0 Å². The predicted molar refractivity (Wildman–Crippen MR) is 75.6 cm³/mol. The molecule has 0 atom stereocenters. The molecule has 18 heavy (non-hydrogen) atoms. The molecule has 3 N–H and O–H groups in total. The molecule has 1 aliphatic rings. The number of hydrogen-bond acceptors (Lipinski definition) is 4. The molecule has 5 nitrogen and oxygen atoms in total. The number of hydrogen-bond donors (Lipinski definition) is 2. The van der Waals surface area contributed by atoms with Crippen LogP contribution in [0.25, 0.3) is 0 Å². The Kier molecular flexibility index (Phi) is 5.34. The van der Waals surface area contributed by atoms with E-state index in [0.717, 1.165) is 25.9 Å². The first-order valence-electron chi connectivity index (χ1n) is 6.29. The van der Waals surface area contributed by atoms with Gasteiger partial charge in [0.2, 0.25) is 0 Å². The number of nitrogens with one attached hydrogen (secondary N) is 1. The lowest BCUT2D eigenvalue weighted by Gasteiger charge is -2.40. The van der Waals surface area contributed by atoms with E-state index >= 15 is 0 Å². The van der Waals surface area contributed by atoms with Crippen molar-refractivity contribution < 1.29 is 9.53 Å². The van der Waals surface area contributed by atoms with Crippen LogP contribution in [0.1, 0.15) is 26.7 Å². The van der Waals surface area contributed by atoms with E-state index in [-0.39, 0.29) is 0 Å². The fraction of sp³-hybridized carbons (Fsp3) is 0.833. The van der Waals surface area contributed by atoms with E-state index in [1.54, 1.807) is 0 Å². The smallest absolute Gasteiger partial charge is 0.407 e. The first kappa shape index (κ1) is 15.2. The van der Waals surface area contributed by atoms with Crippen molar-refractivity contribution in [3.63, 3.8) is 0 Å². The maximum atomic E-state index is 11.7. The van der Waals surface area contributed by atoms with Crippen LogP contribution in [0.2, 0.25) is 0 Å². The van der Waals surface area contributed by atoms with Gasteiger partial charge in [-0.05, 0) is 25.8 Å². The Balaban J connectivity index is 2.58. The molecule has 1 rings (SSSR count). The number of thiocarbonyl (C=S) groups is 1. The van der Waals surface area contributed by atoms with E-state index in [4.69, 9.17) is 22.7 Å². The highest BCUT2D eigenvalue weighted by atomic mass is 32.1. The number of carbonyl (C=O) groups is 1. The van der Waals surface area contributed by atoms with Crippen LogP contribution < -0.4 is 11.1 Å². The van der Waals surface area contributed by atoms with E-state index in [1.807, 2.05) is 20.9 Å². The van der Waals surface area contributed by atoms with Crippen LogP contribution >= 0.6 is 12.2 Å². The van der Waals surface area contributed by atoms with Gasteiger partial charge in [-0.2, -0.15) is 0 Å². The highest BCUT2D eigenvalue weighted by Gasteiger charge is 2.38. The van der Waals surface area contributed by atoms with Gasteiger partial charge in [-0.3, -0.25) is 0 Å². The first-order chi connectivity index (χ1) is 8.35. The highest BCUT2D eigenvalue weighted by molar-refractivity contribution is 7.80. The third-order valence-electron chi connectivity index (χ3n) is 3.20. The van der Waals surface area contributed by atoms with Gasteiger partial charge in [-0.1, -0.05) is 26.1 Å². The maximum absolute atomic E-state index is 11.7. The zero-order valence-electron chi connectivity index (χ0n) is 11.4. The van der Waals surface area contributed by atoms with Gasteiger partial charge in [0.15, 0.2) is 0 Å². The molecule has 0 aromatic rings. The normalized spacial score (nSPS) is 19.6. The second-order valence-electron chi connectivity index (χ2n) is 5.37. The zero-order valence-corrected chi connectivity index (χ0v) is 12.2. The molecule has 0 aromatic carbocycles. The van der Waals surface area contributed by atoms with E-state index in [1.165, 1.54) is 0 Å². The molecule has 0 radical (unpaired) electrons. The first-order valence-corrected chi connectivity index (χ1v) is 6.70. The minimum atomic E-state index is -0.587. The van der Waals surface area contributed by atoms with E-state index in [0.29, 0.717) is 17.5 Å². The van der Waals surface area contributed by atoms with Crippen molar-refractivity contribution in [3.8, 4) is 0 Å². The van der Waals surface area contributed by atoms with Crippen LogP contribution in [0.5, 0.6) is 0 Å². The Bertz CT molecular complexity index is 312. The van der Waals surface area contributed by atoms with Gasteiger partial charge in [0.25, 0.3) is 0 Å². The molecule has 0 unspecified atom stereocenters. The van der Waals surface area contributed by atoms with Crippen LogP contribution in [-0.4, -0.2) is 48.3 Å². The van der Waals surface area contributed by atoms with E-state index in [2.05, 4.69) is 10.2 Å². The zero-order chi connectivity index (χ0) is 13.8. The molecule has 104 valence electrons. The molecule has 0 spiro atoms. The number of carbonyl (C=O) groups excluding carboxylic acids is 1. The van der Waals surface area contributed by atoms with Gasteiger partial charge in [-0.15, -0.1) is 0 Å². The molecular formula is C12H23N3O2S. The van der Waals surface area contributed by atoms with Gasteiger partial charge >= 0.3 is 6.09 Å². The fourth-order valence-electron chi connectivity index (χ4n) is 1.91. The minimum Gasteiger partial charge on any atom is -0.449 e. The summed E-state index contributed by atoms with van der Waals surface area (Å²) >= 11 is 5.11. The SMILES string of the molecule is CC(C)COC(=O)NC1(C(N)=S)CCN(C)CC1. The van der Waals surface area contributed by atoms with Crippen LogP contribution in [0, 0.1) is 5.92 Å². The third kappa shape index (κ3) is 4.10. The topological polar surface area (TPSA) is 67.6 Å². The van der Waals surface area contributed by atoms with Crippen LogP contribution in [0.15, 0.2) is 0 Å². The Morgan fingerprint density at radius 3 is 2.50 bits per heavy atom.